The van der Waals surface area contributed by atoms with E-state index in [9.17, 15) is 0 Å². The maximum Gasteiger partial charge on any atom is 0.0497 e. The average molecular weight is 364 g/mol. The van der Waals surface area contributed by atoms with Gasteiger partial charge in [-0.1, -0.05) is 42.1 Å². The highest BCUT2D eigenvalue weighted by Crippen LogP contribution is 2.47. The van der Waals surface area contributed by atoms with E-state index in [1.165, 1.54) is 43.1 Å². The minimum absolute atomic E-state index is 0.491. The predicted octanol–water partition coefficient (Wildman–Crippen LogP) is 5.86. The number of rotatable bonds is 1. The Hall–Kier alpha value is -1.58. The molecule has 0 amide bonds. The van der Waals surface area contributed by atoms with Gasteiger partial charge in [0, 0.05) is 33.4 Å². The summed E-state index contributed by atoms with van der Waals surface area (Å²) in [5, 5.41) is 1.49. The molecule has 0 saturated heterocycles. The molecule has 25 heavy (non-hydrogen) atoms. The molecule has 1 aliphatic heterocycles. The first-order valence-corrected chi connectivity index (χ1v) is 10.4. The number of benzene rings is 2. The van der Waals surface area contributed by atoms with Gasteiger partial charge in [0.2, 0.25) is 0 Å². The number of nitrogens with zero attached hydrogens (tertiary/aromatic N) is 1. The van der Waals surface area contributed by atoms with E-state index >= 15 is 0 Å². The van der Waals surface area contributed by atoms with Gasteiger partial charge < -0.3 is 4.57 Å². The molecule has 1 nitrogen and oxygen atoms in total. The fourth-order valence-corrected chi connectivity index (χ4v) is 6.03. The monoisotopic (exact) mass is 363 g/mol. The van der Waals surface area contributed by atoms with Gasteiger partial charge in [-0.15, -0.1) is 0 Å². The highest BCUT2D eigenvalue weighted by Gasteiger charge is 2.26. The van der Waals surface area contributed by atoms with E-state index < -0.39 is 0 Å². The summed E-state index contributed by atoms with van der Waals surface area (Å²) in [4.78, 5) is 2.87. The smallest absolute Gasteiger partial charge is 0.0497 e. The number of hydrogen-bond acceptors (Lipinski definition) is 2. The highest BCUT2D eigenvalue weighted by molar-refractivity contribution is 7.99. The van der Waals surface area contributed by atoms with Crippen LogP contribution in [0.5, 0.6) is 0 Å². The van der Waals surface area contributed by atoms with Crippen molar-refractivity contribution in [3.05, 3.63) is 64.9 Å². The van der Waals surface area contributed by atoms with E-state index in [1.54, 1.807) is 0 Å². The SMILES string of the molecule is Cn1c2c(c3c4c(ccc31)CC(CS)c1ccccc1S4)CCC=C2. The third kappa shape index (κ3) is 2.32. The number of fused-ring (bicyclic) bond motifs is 6. The minimum atomic E-state index is 0.491. The molecule has 2 aliphatic rings. The van der Waals surface area contributed by atoms with Crippen LogP contribution in [0.15, 0.2) is 52.3 Å². The molecule has 1 atom stereocenters. The van der Waals surface area contributed by atoms with Crippen molar-refractivity contribution in [2.45, 2.75) is 35.0 Å². The second kappa shape index (κ2) is 6.00. The van der Waals surface area contributed by atoms with E-state index in [1.807, 2.05) is 11.8 Å². The van der Waals surface area contributed by atoms with Crippen molar-refractivity contribution in [3.63, 3.8) is 0 Å². The van der Waals surface area contributed by atoms with Crippen molar-refractivity contribution in [1.29, 1.82) is 0 Å². The van der Waals surface area contributed by atoms with Crippen LogP contribution in [0.3, 0.4) is 0 Å². The lowest BCUT2D eigenvalue weighted by molar-refractivity contribution is 0.755. The molecule has 0 fully saturated rings. The van der Waals surface area contributed by atoms with Gasteiger partial charge in [0.05, 0.1) is 0 Å². The number of thiol groups is 1. The van der Waals surface area contributed by atoms with Crippen LogP contribution in [0, 0.1) is 0 Å². The second-order valence-electron chi connectivity index (χ2n) is 7.04. The molecule has 5 rings (SSSR count). The molecule has 2 heterocycles. The summed E-state index contributed by atoms with van der Waals surface area (Å²) in [5.41, 5.74) is 7.22. The topological polar surface area (TPSA) is 4.93 Å². The Labute approximate surface area is 158 Å². The Morgan fingerprint density at radius 1 is 1.20 bits per heavy atom. The van der Waals surface area contributed by atoms with Gasteiger partial charge in [-0.3, -0.25) is 0 Å². The van der Waals surface area contributed by atoms with Crippen LogP contribution < -0.4 is 0 Å². The maximum atomic E-state index is 4.66. The lowest BCUT2D eigenvalue weighted by Crippen LogP contribution is -2.04. The first kappa shape index (κ1) is 15.7. The zero-order valence-corrected chi connectivity index (χ0v) is 16.0. The molecular weight excluding hydrogens is 342 g/mol. The fraction of sp³-hybridized carbons (Fsp3) is 0.273. The molecule has 1 unspecified atom stereocenters. The van der Waals surface area contributed by atoms with Crippen LogP contribution in [0.4, 0.5) is 0 Å². The van der Waals surface area contributed by atoms with Crippen molar-refractivity contribution in [2.24, 2.45) is 7.05 Å². The van der Waals surface area contributed by atoms with Crippen molar-refractivity contribution >= 4 is 41.4 Å². The van der Waals surface area contributed by atoms with E-state index in [-0.39, 0.29) is 0 Å². The Morgan fingerprint density at radius 2 is 2.08 bits per heavy atom. The van der Waals surface area contributed by atoms with Crippen LogP contribution in [0.2, 0.25) is 0 Å². The van der Waals surface area contributed by atoms with Gasteiger partial charge in [-0.05, 0) is 65.8 Å². The van der Waals surface area contributed by atoms with Crippen LogP contribution in [-0.2, 0) is 19.9 Å². The third-order valence-electron chi connectivity index (χ3n) is 5.65. The normalized spacial score (nSPS) is 18.6. The van der Waals surface area contributed by atoms with Crippen molar-refractivity contribution < 1.29 is 0 Å². The summed E-state index contributed by atoms with van der Waals surface area (Å²) < 4.78 is 2.37. The lowest BCUT2D eigenvalue weighted by Gasteiger charge is -2.14. The molecule has 0 N–H and O–H groups in total. The maximum absolute atomic E-state index is 4.66. The van der Waals surface area contributed by atoms with Gasteiger partial charge in [0.1, 0.15) is 0 Å². The molecule has 0 radical (unpaired) electrons. The number of aromatic nitrogens is 1. The summed E-state index contributed by atoms with van der Waals surface area (Å²) >= 11 is 6.63. The van der Waals surface area contributed by atoms with Gasteiger partial charge in [-0.25, -0.2) is 0 Å². The minimum Gasteiger partial charge on any atom is -0.344 e. The Balaban J connectivity index is 1.81. The van der Waals surface area contributed by atoms with Gasteiger partial charge in [0.25, 0.3) is 0 Å². The first-order valence-electron chi connectivity index (χ1n) is 8.95. The van der Waals surface area contributed by atoms with Crippen LogP contribution in [-0.4, -0.2) is 10.3 Å². The fourth-order valence-electron chi connectivity index (χ4n) is 4.37. The Kier molecular flexibility index (Phi) is 3.76. The molecule has 0 spiro atoms. The molecule has 1 aliphatic carbocycles. The average Bonchev–Trinajstić information content (AvgIpc) is 2.84. The van der Waals surface area contributed by atoms with E-state index in [2.05, 4.69) is 72.8 Å². The van der Waals surface area contributed by atoms with Gasteiger partial charge in [0.15, 0.2) is 0 Å². The largest absolute Gasteiger partial charge is 0.344 e. The van der Waals surface area contributed by atoms with Crippen LogP contribution in [0.1, 0.15) is 34.7 Å². The summed E-state index contributed by atoms with van der Waals surface area (Å²) in [6.07, 6.45) is 7.99. The highest BCUT2D eigenvalue weighted by atomic mass is 32.2. The molecule has 126 valence electrons. The molecule has 0 saturated carbocycles. The number of hydrogen-bond donors (Lipinski definition) is 1. The quantitative estimate of drug-likeness (QED) is 0.531. The van der Waals surface area contributed by atoms with Crippen molar-refractivity contribution in [2.75, 3.05) is 5.75 Å². The van der Waals surface area contributed by atoms with Gasteiger partial charge in [-0.2, -0.15) is 12.6 Å². The lowest BCUT2D eigenvalue weighted by atomic mass is 9.92. The predicted molar refractivity (Wildman–Crippen MR) is 111 cm³/mol. The van der Waals surface area contributed by atoms with Crippen LogP contribution in [0.25, 0.3) is 17.0 Å². The molecule has 3 heteroatoms. The first-order chi connectivity index (χ1) is 12.3. The van der Waals surface area contributed by atoms with E-state index in [0.29, 0.717) is 5.92 Å². The van der Waals surface area contributed by atoms with Crippen LogP contribution >= 0.6 is 24.4 Å². The molecule has 1 aromatic heterocycles. The summed E-state index contributed by atoms with van der Waals surface area (Å²) in [6, 6.07) is 13.6. The summed E-state index contributed by atoms with van der Waals surface area (Å²) in [5.74, 6) is 1.38. The zero-order chi connectivity index (χ0) is 17.0. The zero-order valence-electron chi connectivity index (χ0n) is 14.3. The number of allylic oxidation sites excluding steroid dienone is 1. The van der Waals surface area contributed by atoms with Gasteiger partial charge >= 0.3 is 0 Å². The van der Waals surface area contributed by atoms with Crippen molar-refractivity contribution in [1.82, 2.24) is 4.57 Å². The van der Waals surface area contributed by atoms with Crippen molar-refractivity contribution in [3.8, 4) is 0 Å². The molecule has 2 aromatic carbocycles. The molecule has 3 aromatic rings. The third-order valence-corrected chi connectivity index (χ3v) is 7.35. The summed E-state index contributed by atoms with van der Waals surface area (Å²) in [7, 11) is 2.20. The van der Waals surface area contributed by atoms with E-state index in [0.717, 1.165) is 25.0 Å². The van der Waals surface area contributed by atoms with E-state index in [4.69, 9.17) is 0 Å². The second-order valence-corrected chi connectivity index (χ2v) is 8.45. The Morgan fingerprint density at radius 3 is 2.96 bits per heavy atom. The number of aryl methyl sites for hydroxylation is 2. The molecular formula is C22H21NS2. The Bertz CT molecular complexity index is 1010. The molecule has 0 bridgehead atoms. The standard InChI is InChI=1S/C22H21NS2/c1-23-18-8-4-2-7-17(18)21-19(23)11-10-14-12-15(13-24)16-6-3-5-9-20(16)25-22(14)21/h3-6,8-11,15,24H,2,7,12-13H2,1H3. The summed E-state index contributed by atoms with van der Waals surface area (Å²) in [6.45, 7) is 0.